The monoisotopic (exact) mass is 282 g/mol. The van der Waals surface area contributed by atoms with Crippen molar-refractivity contribution >= 4 is 17.3 Å². The van der Waals surface area contributed by atoms with Crippen LogP contribution in [0, 0.1) is 0 Å². The van der Waals surface area contributed by atoms with Crippen molar-refractivity contribution in [2.45, 2.75) is 6.18 Å². The van der Waals surface area contributed by atoms with Crippen LogP contribution >= 0.6 is 0 Å². The summed E-state index contributed by atoms with van der Waals surface area (Å²) in [5.41, 5.74) is -0.0522. The number of halogens is 3. The minimum Gasteiger partial charge on any atom is -0.477 e. The summed E-state index contributed by atoms with van der Waals surface area (Å²) in [6, 6.07) is 7.24. The molecule has 1 aromatic heterocycles. The Labute approximate surface area is 111 Å². The molecular weight excluding hydrogens is 273 g/mol. The lowest BCUT2D eigenvalue weighted by molar-refractivity contribution is -0.137. The zero-order valence-electron chi connectivity index (χ0n) is 9.98. The maximum absolute atomic E-state index is 12.4. The molecule has 0 unspecified atom stereocenters. The van der Waals surface area contributed by atoms with Gasteiger partial charge in [0.05, 0.1) is 5.56 Å². The van der Waals surface area contributed by atoms with Gasteiger partial charge in [0.25, 0.3) is 0 Å². The van der Waals surface area contributed by atoms with Gasteiger partial charge in [-0.2, -0.15) is 13.2 Å². The summed E-state index contributed by atoms with van der Waals surface area (Å²) < 4.78 is 37.2. The highest BCUT2D eigenvalue weighted by Gasteiger charge is 2.29. The third-order valence-electron chi connectivity index (χ3n) is 2.48. The maximum Gasteiger partial charge on any atom is 0.416 e. The van der Waals surface area contributed by atoms with Crippen molar-refractivity contribution < 1.29 is 23.1 Å². The largest absolute Gasteiger partial charge is 0.477 e. The lowest BCUT2D eigenvalue weighted by Crippen LogP contribution is -2.04. The van der Waals surface area contributed by atoms with Crippen molar-refractivity contribution in [3.8, 4) is 0 Å². The highest BCUT2D eigenvalue weighted by molar-refractivity contribution is 5.86. The molecule has 2 rings (SSSR count). The van der Waals surface area contributed by atoms with E-state index in [1.165, 1.54) is 30.5 Å². The summed E-state index contributed by atoms with van der Waals surface area (Å²) in [7, 11) is 0. The molecule has 0 radical (unpaired) electrons. The summed E-state index contributed by atoms with van der Waals surface area (Å²) in [6.07, 6.45) is -3.08. The van der Waals surface area contributed by atoms with E-state index in [0.29, 0.717) is 11.4 Å². The van der Waals surface area contributed by atoms with Crippen molar-refractivity contribution in [2.75, 3.05) is 5.32 Å². The standard InChI is InChI=1S/C13H9F3N2O2/c14-13(15,16)8-1-3-9(4-2-8)18-10-5-6-17-11(7-10)12(19)20/h1-7H,(H,17,18)(H,19,20). The van der Waals surface area contributed by atoms with Gasteiger partial charge in [-0.1, -0.05) is 0 Å². The second kappa shape index (κ2) is 5.20. The third-order valence-corrected chi connectivity index (χ3v) is 2.48. The Morgan fingerprint density at radius 2 is 1.75 bits per heavy atom. The number of nitrogens with one attached hydrogen (secondary N) is 1. The first-order valence-electron chi connectivity index (χ1n) is 5.50. The summed E-state index contributed by atoms with van der Waals surface area (Å²) in [6.45, 7) is 0. The van der Waals surface area contributed by atoms with Crippen molar-refractivity contribution in [3.63, 3.8) is 0 Å². The molecule has 0 aliphatic rings. The Balaban J connectivity index is 2.18. The van der Waals surface area contributed by atoms with Crippen molar-refractivity contribution in [2.24, 2.45) is 0 Å². The Kier molecular flexibility index (Phi) is 3.60. The molecule has 20 heavy (non-hydrogen) atoms. The van der Waals surface area contributed by atoms with Crippen LogP contribution in [0.15, 0.2) is 42.6 Å². The van der Waals surface area contributed by atoms with E-state index in [-0.39, 0.29) is 5.69 Å². The Hall–Kier alpha value is -2.57. The molecule has 1 aromatic carbocycles. The van der Waals surface area contributed by atoms with E-state index in [9.17, 15) is 18.0 Å². The topological polar surface area (TPSA) is 62.2 Å². The van der Waals surface area contributed by atoms with Crippen LogP contribution in [-0.2, 0) is 6.18 Å². The van der Waals surface area contributed by atoms with Gasteiger partial charge in [-0.25, -0.2) is 9.78 Å². The van der Waals surface area contributed by atoms with Gasteiger partial charge in [-0.05, 0) is 36.4 Å². The van der Waals surface area contributed by atoms with Crippen LogP contribution in [-0.4, -0.2) is 16.1 Å². The van der Waals surface area contributed by atoms with Crippen LogP contribution in [0.3, 0.4) is 0 Å². The fourth-order valence-electron chi connectivity index (χ4n) is 1.53. The second-order valence-electron chi connectivity index (χ2n) is 3.94. The quantitative estimate of drug-likeness (QED) is 0.903. The summed E-state index contributed by atoms with van der Waals surface area (Å²) in [5.74, 6) is -1.18. The lowest BCUT2D eigenvalue weighted by Gasteiger charge is -2.09. The molecule has 7 heteroatoms. The molecule has 0 amide bonds. The number of carboxylic acid groups (broad SMARTS) is 1. The predicted molar refractivity (Wildman–Crippen MR) is 65.9 cm³/mol. The van der Waals surface area contributed by atoms with Crippen LogP contribution in [0.1, 0.15) is 16.1 Å². The van der Waals surface area contributed by atoms with Crippen LogP contribution < -0.4 is 5.32 Å². The van der Waals surface area contributed by atoms with E-state index in [1.807, 2.05) is 0 Å². The average Bonchev–Trinajstić information content (AvgIpc) is 2.38. The first-order valence-corrected chi connectivity index (χ1v) is 5.50. The number of hydrogen-bond donors (Lipinski definition) is 2. The van der Waals surface area contributed by atoms with Crippen molar-refractivity contribution in [3.05, 3.63) is 53.9 Å². The highest BCUT2D eigenvalue weighted by Crippen LogP contribution is 2.30. The lowest BCUT2D eigenvalue weighted by atomic mass is 10.2. The number of aromatic carboxylic acids is 1. The zero-order valence-corrected chi connectivity index (χ0v) is 9.98. The first-order chi connectivity index (χ1) is 9.36. The molecule has 4 nitrogen and oxygen atoms in total. The molecule has 0 saturated heterocycles. The molecule has 0 bridgehead atoms. The Bertz CT molecular complexity index is 624. The van der Waals surface area contributed by atoms with E-state index < -0.39 is 17.7 Å². The van der Waals surface area contributed by atoms with Gasteiger partial charge in [-0.15, -0.1) is 0 Å². The minimum atomic E-state index is -4.38. The van der Waals surface area contributed by atoms with Gasteiger partial charge in [-0.3, -0.25) is 0 Å². The number of alkyl halides is 3. The molecule has 0 aliphatic heterocycles. The fourth-order valence-corrected chi connectivity index (χ4v) is 1.53. The van der Waals surface area contributed by atoms with Crippen LogP contribution in [0.25, 0.3) is 0 Å². The number of carbonyl (C=O) groups is 1. The molecule has 0 aliphatic carbocycles. The molecule has 0 saturated carbocycles. The first kappa shape index (κ1) is 13.9. The number of anilines is 2. The molecule has 0 spiro atoms. The van der Waals surface area contributed by atoms with E-state index >= 15 is 0 Å². The van der Waals surface area contributed by atoms with Crippen molar-refractivity contribution in [1.29, 1.82) is 0 Å². The van der Waals surface area contributed by atoms with Crippen LogP contribution in [0.5, 0.6) is 0 Å². The van der Waals surface area contributed by atoms with Gasteiger partial charge in [0, 0.05) is 17.6 Å². The third kappa shape index (κ3) is 3.25. The Morgan fingerprint density at radius 3 is 2.30 bits per heavy atom. The van der Waals surface area contributed by atoms with Gasteiger partial charge < -0.3 is 10.4 Å². The number of aromatic nitrogens is 1. The van der Waals surface area contributed by atoms with E-state index in [0.717, 1.165) is 12.1 Å². The molecule has 2 N–H and O–H groups in total. The number of pyridine rings is 1. The number of rotatable bonds is 3. The highest BCUT2D eigenvalue weighted by atomic mass is 19.4. The summed E-state index contributed by atoms with van der Waals surface area (Å²) >= 11 is 0. The minimum absolute atomic E-state index is 0.151. The number of hydrogen-bond acceptors (Lipinski definition) is 3. The molecule has 0 fully saturated rings. The summed E-state index contributed by atoms with van der Waals surface area (Å²) in [4.78, 5) is 14.4. The van der Waals surface area contributed by atoms with E-state index in [1.54, 1.807) is 0 Å². The van der Waals surface area contributed by atoms with E-state index in [4.69, 9.17) is 5.11 Å². The zero-order chi connectivity index (χ0) is 14.8. The molecule has 104 valence electrons. The van der Waals surface area contributed by atoms with Crippen LogP contribution in [0.2, 0.25) is 0 Å². The molecule has 0 atom stereocenters. The summed E-state index contributed by atoms with van der Waals surface area (Å²) in [5, 5.41) is 11.6. The van der Waals surface area contributed by atoms with Gasteiger partial charge in [0.2, 0.25) is 0 Å². The van der Waals surface area contributed by atoms with E-state index in [2.05, 4.69) is 10.3 Å². The fraction of sp³-hybridized carbons (Fsp3) is 0.0769. The molecule has 1 heterocycles. The average molecular weight is 282 g/mol. The predicted octanol–water partition coefficient (Wildman–Crippen LogP) is 3.54. The van der Waals surface area contributed by atoms with Gasteiger partial charge in [0.15, 0.2) is 0 Å². The molecule has 2 aromatic rings. The van der Waals surface area contributed by atoms with Crippen molar-refractivity contribution in [1.82, 2.24) is 4.98 Å². The SMILES string of the molecule is O=C(O)c1cc(Nc2ccc(C(F)(F)F)cc2)ccn1. The number of benzene rings is 1. The number of carboxylic acids is 1. The smallest absolute Gasteiger partial charge is 0.416 e. The maximum atomic E-state index is 12.4. The second-order valence-corrected chi connectivity index (χ2v) is 3.94. The normalized spacial score (nSPS) is 11.2. The Morgan fingerprint density at radius 1 is 1.10 bits per heavy atom. The van der Waals surface area contributed by atoms with Gasteiger partial charge in [0.1, 0.15) is 5.69 Å². The van der Waals surface area contributed by atoms with Crippen LogP contribution in [0.4, 0.5) is 24.5 Å². The van der Waals surface area contributed by atoms with Gasteiger partial charge >= 0.3 is 12.1 Å². The number of nitrogens with zero attached hydrogens (tertiary/aromatic N) is 1. The molecular formula is C13H9F3N2O2.